The molecule has 0 saturated carbocycles. The largest absolute Gasteiger partial charge is 0.379 e. The average molecular weight is 351 g/mol. The van der Waals surface area contributed by atoms with Gasteiger partial charge in [0.1, 0.15) is 6.33 Å². The van der Waals surface area contributed by atoms with Crippen LogP contribution in [0.15, 0.2) is 36.9 Å². The number of imidazole rings is 1. The standard InChI is InChI=1S/C19H21N5O2/c1-13-6-16(21-11-20-13)7-14-9-24(4-5-26-10-14)19(25)15-2-3-17-18(8-15)23-12-22-17/h2-3,6,8,11-12,14H,4-5,7,9-10H2,1H3,(H,22,23)/t14-/m0/s1. The van der Waals surface area contributed by atoms with Gasteiger partial charge in [0.15, 0.2) is 0 Å². The number of benzene rings is 1. The van der Waals surface area contributed by atoms with Crippen LogP contribution in [0.5, 0.6) is 0 Å². The van der Waals surface area contributed by atoms with E-state index in [2.05, 4.69) is 19.9 Å². The summed E-state index contributed by atoms with van der Waals surface area (Å²) < 4.78 is 5.73. The zero-order valence-corrected chi connectivity index (χ0v) is 14.7. The van der Waals surface area contributed by atoms with Crippen molar-refractivity contribution in [2.45, 2.75) is 13.3 Å². The number of carbonyl (C=O) groups is 1. The number of hydrogen-bond acceptors (Lipinski definition) is 5. The highest BCUT2D eigenvalue weighted by Gasteiger charge is 2.24. The predicted octanol–water partition coefficient (Wildman–Crippen LogP) is 1.99. The number of hydrogen-bond donors (Lipinski definition) is 1. The molecule has 0 spiro atoms. The van der Waals surface area contributed by atoms with Crippen LogP contribution in [0.25, 0.3) is 11.0 Å². The van der Waals surface area contributed by atoms with E-state index in [1.54, 1.807) is 12.7 Å². The fourth-order valence-electron chi connectivity index (χ4n) is 3.36. The molecule has 1 aromatic carbocycles. The van der Waals surface area contributed by atoms with E-state index in [-0.39, 0.29) is 11.8 Å². The molecule has 1 atom stereocenters. The summed E-state index contributed by atoms with van der Waals surface area (Å²) in [6, 6.07) is 7.55. The number of nitrogens with one attached hydrogen (secondary N) is 1. The molecule has 0 aliphatic carbocycles. The Kier molecular flexibility index (Phi) is 4.62. The van der Waals surface area contributed by atoms with E-state index in [4.69, 9.17) is 4.74 Å². The molecule has 0 unspecified atom stereocenters. The minimum Gasteiger partial charge on any atom is -0.379 e. The van der Waals surface area contributed by atoms with Gasteiger partial charge in [0.25, 0.3) is 5.91 Å². The maximum atomic E-state index is 13.0. The smallest absolute Gasteiger partial charge is 0.254 e. The van der Waals surface area contributed by atoms with Crippen molar-refractivity contribution < 1.29 is 9.53 Å². The van der Waals surface area contributed by atoms with Crippen molar-refractivity contribution in [2.24, 2.45) is 5.92 Å². The Morgan fingerprint density at radius 3 is 3.12 bits per heavy atom. The summed E-state index contributed by atoms with van der Waals surface area (Å²) in [7, 11) is 0. The van der Waals surface area contributed by atoms with E-state index in [9.17, 15) is 4.79 Å². The van der Waals surface area contributed by atoms with Crippen LogP contribution in [-0.4, -0.2) is 57.0 Å². The van der Waals surface area contributed by atoms with Crippen LogP contribution in [0.2, 0.25) is 0 Å². The monoisotopic (exact) mass is 351 g/mol. The molecule has 3 heterocycles. The number of fused-ring (bicyclic) bond motifs is 1. The first-order valence-corrected chi connectivity index (χ1v) is 8.77. The number of carbonyl (C=O) groups excluding carboxylic acids is 1. The molecule has 7 heteroatoms. The lowest BCUT2D eigenvalue weighted by Crippen LogP contribution is -2.36. The van der Waals surface area contributed by atoms with Gasteiger partial charge in [0, 0.05) is 36.0 Å². The number of rotatable bonds is 3. The predicted molar refractivity (Wildman–Crippen MR) is 96.8 cm³/mol. The molecule has 1 aliphatic heterocycles. The molecule has 2 aromatic heterocycles. The number of H-pyrrole nitrogens is 1. The van der Waals surface area contributed by atoms with E-state index in [1.165, 1.54) is 0 Å². The number of aromatic nitrogens is 4. The minimum absolute atomic E-state index is 0.0240. The molecular weight excluding hydrogens is 330 g/mol. The first kappa shape index (κ1) is 16.7. The maximum Gasteiger partial charge on any atom is 0.254 e. The molecule has 1 saturated heterocycles. The number of aryl methyl sites for hydroxylation is 1. The van der Waals surface area contributed by atoms with E-state index >= 15 is 0 Å². The van der Waals surface area contributed by atoms with Crippen LogP contribution in [0.3, 0.4) is 0 Å². The molecule has 1 amide bonds. The van der Waals surface area contributed by atoms with Crippen molar-refractivity contribution in [3.05, 3.63) is 53.9 Å². The highest BCUT2D eigenvalue weighted by Crippen LogP contribution is 2.17. The highest BCUT2D eigenvalue weighted by molar-refractivity contribution is 5.97. The summed E-state index contributed by atoms with van der Waals surface area (Å²) in [5, 5.41) is 0. The number of nitrogens with zero attached hydrogens (tertiary/aromatic N) is 4. The van der Waals surface area contributed by atoms with Crippen LogP contribution >= 0.6 is 0 Å². The van der Waals surface area contributed by atoms with Crippen LogP contribution in [0.4, 0.5) is 0 Å². The summed E-state index contributed by atoms with van der Waals surface area (Å²) in [5.41, 5.74) is 4.33. The van der Waals surface area contributed by atoms with Gasteiger partial charge < -0.3 is 14.6 Å². The third-order valence-corrected chi connectivity index (χ3v) is 4.65. The molecule has 1 fully saturated rings. The van der Waals surface area contributed by atoms with E-state index in [1.807, 2.05) is 36.1 Å². The van der Waals surface area contributed by atoms with Gasteiger partial charge in [-0.2, -0.15) is 0 Å². The first-order valence-electron chi connectivity index (χ1n) is 8.77. The van der Waals surface area contributed by atoms with Crippen molar-refractivity contribution in [2.75, 3.05) is 26.3 Å². The van der Waals surface area contributed by atoms with Crippen LogP contribution in [-0.2, 0) is 11.2 Å². The summed E-state index contributed by atoms with van der Waals surface area (Å²) in [6.07, 6.45) is 4.00. The normalized spacial score (nSPS) is 18.0. The van der Waals surface area contributed by atoms with Gasteiger partial charge in [-0.25, -0.2) is 15.0 Å². The minimum atomic E-state index is 0.0240. The molecule has 0 bridgehead atoms. The summed E-state index contributed by atoms with van der Waals surface area (Å²) in [4.78, 5) is 30.6. The van der Waals surface area contributed by atoms with Gasteiger partial charge in [-0.3, -0.25) is 4.79 Å². The van der Waals surface area contributed by atoms with Gasteiger partial charge in [-0.15, -0.1) is 0 Å². The van der Waals surface area contributed by atoms with Crippen LogP contribution in [0.1, 0.15) is 21.7 Å². The number of ether oxygens (including phenoxy) is 1. The summed E-state index contributed by atoms with van der Waals surface area (Å²) in [6.45, 7) is 4.39. The van der Waals surface area contributed by atoms with Crippen molar-refractivity contribution >= 4 is 16.9 Å². The molecular formula is C19H21N5O2. The molecule has 134 valence electrons. The van der Waals surface area contributed by atoms with Crippen molar-refractivity contribution in [3.63, 3.8) is 0 Å². The molecule has 4 rings (SSSR count). The second-order valence-electron chi connectivity index (χ2n) is 6.68. The lowest BCUT2D eigenvalue weighted by atomic mass is 10.0. The Morgan fingerprint density at radius 2 is 2.23 bits per heavy atom. The molecule has 0 radical (unpaired) electrons. The molecule has 7 nitrogen and oxygen atoms in total. The van der Waals surface area contributed by atoms with Gasteiger partial charge in [0.05, 0.1) is 30.6 Å². The van der Waals surface area contributed by atoms with Crippen molar-refractivity contribution in [1.29, 1.82) is 0 Å². The van der Waals surface area contributed by atoms with E-state index < -0.39 is 0 Å². The number of aromatic amines is 1. The van der Waals surface area contributed by atoms with E-state index in [0.717, 1.165) is 28.8 Å². The average Bonchev–Trinajstić information content (AvgIpc) is 2.99. The fourth-order valence-corrected chi connectivity index (χ4v) is 3.36. The quantitative estimate of drug-likeness (QED) is 0.780. The molecule has 3 aromatic rings. The van der Waals surface area contributed by atoms with Gasteiger partial charge in [-0.1, -0.05) is 0 Å². The summed E-state index contributed by atoms with van der Waals surface area (Å²) >= 11 is 0. The SMILES string of the molecule is Cc1cc(C[C@@H]2COCCN(C(=O)c3ccc4nc[nH]c4c3)C2)ncn1. The summed E-state index contributed by atoms with van der Waals surface area (Å²) in [5.74, 6) is 0.238. The van der Waals surface area contributed by atoms with Crippen LogP contribution < -0.4 is 0 Å². The Morgan fingerprint density at radius 1 is 1.31 bits per heavy atom. The topological polar surface area (TPSA) is 84.0 Å². The van der Waals surface area contributed by atoms with Gasteiger partial charge in [0.2, 0.25) is 0 Å². The lowest BCUT2D eigenvalue weighted by Gasteiger charge is -2.23. The third-order valence-electron chi connectivity index (χ3n) is 4.65. The van der Waals surface area contributed by atoms with Gasteiger partial charge >= 0.3 is 0 Å². The zero-order valence-electron chi connectivity index (χ0n) is 14.7. The van der Waals surface area contributed by atoms with Crippen molar-refractivity contribution in [1.82, 2.24) is 24.8 Å². The fraction of sp³-hybridized carbons (Fsp3) is 0.368. The molecule has 26 heavy (non-hydrogen) atoms. The molecule has 1 N–H and O–H groups in total. The van der Waals surface area contributed by atoms with Crippen molar-refractivity contribution in [3.8, 4) is 0 Å². The van der Waals surface area contributed by atoms with E-state index in [0.29, 0.717) is 31.9 Å². The van der Waals surface area contributed by atoms with Gasteiger partial charge in [-0.05, 0) is 37.6 Å². The molecule has 1 aliphatic rings. The Labute approximate surface area is 151 Å². The maximum absolute atomic E-state index is 13.0. The highest BCUT2D eigenvalue weighted by atomic mass is 16.5. The lowest BCUT2D eigenvalue weighted by molar-refractivity contribution is 0.0737. The van der Waals surface area contributed by atoms with Crippen LogP contribution in [0, 0.1) is 12.8 Å². The second kappa shape index (κ2) is 7.21. The second-order valence-corrected chi connectivity index (χ2v) is 6.68. The Bertz CT molecular complexity index is 923. The Balaban J connectivity index is 1.50. The first-order chi connectivity index (χ1) is 12.7. The Hall–Kier alpha value is -2.80. The third kappa shape index (κ3) is 3.57. The zero-order chi connectivity index (χ0) is 17.9. The number of amides is 1.